The quantitative estimate of drug-likeness (QED) is 0.496. The fourth-order valence-electron chi connectivity index (χ4n) is 3.64. The van der Waals surface area contributed by atoms with Crippen LogP contribution in [0.2, 0.25) is 5.02 Å². The molecule has 0 bridgehead atoms. The van der Waals surface area contributed by atoms with Crippen molar-refractivity contribution < 1.29 is 9.46 Å². The first-order valence-electron chi connectivity index (χ1n) is 8.97. The number of benzene rings is 2. The van der Waals surface area contributed by atoms with E-state index in [-0.39, 0.29) is 40.9 Å². The molecule has 7 nitrogen and oxygen atoms in total. The lowest BCUT2D eigenvalue weighted by atomic mass is 10.1. The number of aromatic nitrogens is 2. The number of hydrogen-bond donors (Lipinski definition) is 1. The highest BCUT2D eigenvalue weighted by atomic mass is 35.5. The van der Waals surface area contributed by atoms with Gasteiger partial charge in [0.05, 0.1) is 16.3 Å². The number of piperazine rings is 1. The van der Waals surface area contributed by atoms with Crippen LogP contribution in [0.15, 0.2) is 42.5 Å². The minimum atomic E-state index is -0.256. The van der Waals surface area contributed by atoms with Gasteiger partial charge < -0.3 is 20.6 Å². The zero-order chi connectivity index (χ0) is 19.8. The molecular formula is C20H19Cl2N5O2. The summed E-state index contributed by atoms with van der Waals surface area (Å²) in [5.41, 5.74) is 1.24. The normalized spacial score (nSPS) is 16.3. The molecule has 1 aliphatic rings. The number of nitriles is 1. The monoisotopic (exact) mass is 431 g/mol. The van der Waals surface area contributed by atoms with Crippen LogP contribution in [0.4, 0.5) is 5.69 Å². The molecular weight excluding hydrogens is 413 g/mol. The van der Waals surface area contributed by atoms with Crippen LogP contribution < -0.4 is 19.7 Å². The number of fused-ring (bicyclic) bond motifs is 1. The van der Waals surface area contributed by atoms with Crippen molar-refractivity contribution in [2.45, 2.75) is 13.0 Å². The molecule has 1 unspecified atom stereocenters. The summed E-state index contributed by atoms with van der Waals surface area (Å²) in [6.07, 6.45) is 0. The molecule has 0 aliphatic carbocycles. The summed E-state index contributed by atoms with van der Waals surface area (Å²) in [6.45, 7) is 4.36. The van der Waals surface area contributed by atoms with Gasteiger partial charge in [-0.05, 0) is 19.1 Å². The average molecular weight is 432 g/mol. The van der Waals surface area contributed by atoms with Crippen molar-refractivity contribution in [1.82, 2.24) is 5.32 Å². The second-order valence-electron chi connectivity index (χ2n) is 6.86. The van der Waals surface area contributed by atoms with Crippen LogP contribution >= 0.6 is 24.0 Å². The van der Waals surface area contributed by atoms with Crippen molar-refractivity contribution >= 4 is 40.7 Å². The molecule has 2 aromatic carbocycles. The Bertz CT molecular complexity index is 1100. The SMILES string of the molecule is CC1CN(c2cc3c(cc2Cl)[n+]([O-])c(C#N)c(-c2ccccc2)[n+]3[O-])CCN1.Cl. The van der Waals surface area contributed by atoms with Gasteiger partial charge in [0, 0.05) is 37.8 Å². The molecule has 29 heavy (non-hydrogen) atoms. The van der Waals surface area contributed by atoms with E-state index in [1.165, 1.54) is 6.07 Å². The van der Waals surface area contributed by atoms with Crippen molar-refractivity contribution in [3.8, 4) is 17.3 Å². The van der Waals surface area contributed by atoms with Gasteiger partial charge in [-0.25, -0.2) is 0 Å². The van der Waals surface area contributed by atoms with Gasteiger partial charge in [-0.2, -0.15) is 9.99 Å². The molecule has 3 aromatic rings. The topological polar surface area (TPSA) is 92.9 Å². The standard InChI is InChI=1S/C20H18ClN5O2.ClH/c1-13-12-24(8-7-23-13)16-10-18-17(9-15(16)21)25(27)19(11-22)20(26(18)28)14-5-3-2-4-6-14;/h2-6,9-10,13,23H,7-8,12H2,1H3;1H. The maximum atomic E-state index is 13.2. The fraction of sp³-hybridized carbons (Fsp3) is 0.250. The number of rotatable bonds is 2. The lowest BCUT2D eigenvalue weighted by molar-refractivity contribution is -0.622. The first-order chi connectivity index (χ1) is 13.5. The molecule has 150 valence electrons. The van der Waals surface area contributed by atoms with Crippen LogP contribution in [0.1, 0.15) is 12.6 Å². The van der Waals surface area contributed by atoms with Crippen molar-refractivity contribution in [2.24, 2.45) is 0 Å². The first kappa shape index (κ1) is 20.9. The lowest BCUT2D eigenvalue weighted by Gasteiger charge is -2.34. The molecule has 0 saturated carbocycles. The maximum Gasteiger partial charge on any atom is 0.369 e. The van der Waals surface area contributed by atoms with Crippen LogP contribution in [-0.2, 0) is 0 Å². The zero-order valence-corrected chi connectivity index (χ0v) is 17.2. The Morgan fingerprint density at radius 3 is 2.52 bits per heavy atom. The van der Waals surface area contributed by atoms with E-state index in [1.807, 2.05) is 6.07 Å². The van der Waals surface area contributed by atoms with Crippen LogP contribution in [0, 0.1) is 21.7 Å². The molecule has 1 atom stereocenters. The molecule has 0 amide bonds. The summed E-state index contributed by atoms with van der Waals surface area (Å²) < 4.78 is 1.14. The van der Waals surface area contributed by atoms with E-state index < -0.39 is 0 Å². The van der Waals surface area contributed by atoms with E-state index >= 15 is 0 Å². The Labute approximate surface area is 179 Å². The van der Waals surface area contributed by atoms with E-state index in [4.69, 9.17) is 11.6 Å². The van der Waals surface area contributed by atoms with Crippen LogP contribution in [0.5, 0.6) is 0 Å². The number of nitrogens with one attached hydrogen (secondary N) is 1. The number of nitrogens with zero attached hydrogens (tertiary/aromatic N) is 4. The van der Waals surface area contributed by atoms with Crippen LogP contribution in [0.25, 0.3) is 22.3 Å². The van der Waals surface area contributed by atoms with E-state index in [0.29, 0.717) is 25.7 Å². The van der Waals surface area contributed by atoms with E-state index in [9.17, 15) is 15.7 Å². The largest absolute Gasteiger partial charge is 0.617 e. The molecule has 4 rings (SSSR count). The van der Waals surface area contributed by atoms with Crippen molar-refractivity contribution in [1.29, 1.82) is 5.26 Å². The Hall–Kier alpha value is -2.79. The van der Waals surface area contributed by atoms with Crippen molar-refractivity contribution in [3.05, 3.63) is 63.6 Å². The fourth-order valence-corrected chi connectivity index (χ4v) is 3.92. The Balaban J connectivity index is 0.00000240. The smallest absolute Gasteiger partial charge is 0.369 e. The van der Waals surface area contributed by atoms with Gasteiger partial charge >= 0.3 is 11.4 Å². The van der Waals surface area contributed by atoms with E-state index in [0.717, 1.165) is 19.6 Å². The third kappa shape index (κ3) is 3.62. The Morgan fingerprint density at radius 2 is 1.86 bits per heavy atom. The number of halogens is 2. The average Bonchev–Trinajstić information content (AvgIpc) is 2.70. The molecule has 1 aromatic heterocycles. The van der Waals surface area contributed by atoms with Crippen LogP contribution in [-0.4, -0.2) is 25.7 Å². The molecule has 2 heterocycles. The third-order valence-corrected chi connectivity index (χ3v) is 5.28. The summed E-state index contributed by atoms with van der Waals surface area (Å²) in [6, 6.07) is 14.0. The van der Waals surface area contributed by atoms with Gasteiger partial charge in [0.15, 0.2) is 6.07 Å². The third-order valence-electron chi connectivity index (χ3n) is 4.97. The minimum absolute atomic E-state index is 0. The van der Waals surface area contributed by atoms with Gasteiger partial charge in [-0.15, -0.1) is 17.1 Å². The summed E-state index contributed by atoms with van der Waals surface area (Å²) in [5, 5.41) is 39.3. The summed E-state index contributed by atoms with van der Waals surface area (Å²) in [5.74, 6) is 0. The molecule has 1 fully saturated rings. The molecule has 1 N–H and O–H groups in total. The predicted octanol–water partition coefficient (Wildman–Crippen LogP) is 2.52. The maximum absolute atomic E-state index is 13.2. The molecule has 0 spiro atoms. The van der Waals surface area contributed by atoms with E-state index in [1.54, 1.807) is 36.4 Å². The van der Waals surface area contributed by atoms with Gasteiger partial charge in [-0.1, -0.05) is 29.8 Å². The predicted molar refractivity (Wildman–Crippen MR) is 114 cm³/mol. The van der Waals surface area contributed by atoms with E-state index in [2.05, 4.69) is 17.1 Å². The second-order valence-corrected chi connectivity index (χ2v) is 7.26. The van der Waals surface area contributed by atoms with Gasteiger partial charge in [0.25, 0.3) is 11.0 Å². The molecule has 1 saturated heterocycles. The zero-order valence-electron chi connectivity index (χ0n) is 15.6. The van der Waals surface area contributed by atoms with Crippen molar-refractivity contribution in [2.75, 3.05) is 24.5 Å². The number of hydrogen-bond acceptors (Lipinski definition) is 5. The first-order valence-corrected chi connectivity index (χ1v) is 9.35. The molecule has 1 aliphatic heterocycles. The molecule has 0 radical (unpaired) electrons. The lowest BCUT2D eigenvalue weighted by Crippen LogP contribution is -2.49. The van der Waals surface area contributed by atoms with Gasteiger partial charge in [-0.3, -0.25) is 0 Å². The highest BCUT2D eigenvalue weighted by Gasteiger charge is 2.31. The minimum Gasteiger partial charge on any atom is -0.617 e. The summed E-state index contributed by atoms with van der Waals surface area (Å²) in [7, 11) is 0. The van der Waals surface area contributed by atoms with Crippen molar-refractivity contribution in [3.63, 3.8) is 0 Å². The Morgan fingerprint density at radius 1 is 1.17 bits per heavy atom. The highest BCUT2D eigenvalue weighted by molar-refractivity contribution is 6.34. The van der Waals surface area contributed by atoms with Gasteiger partial charge in [0.2, 0.25) is 0 Å². The van der Waals surface area contributed by atoms with Crippen LogP contribution in [0.3, 0.4) is 0 Å². The highest BCUT2D eigenvalue weighted by Crippen LogP contribution is 2.31. The summed E-state index contributed by atoms with van der Waals surface area (Å²) >= 11 is 6.45. The molecule has 9 heteroatoms. The summed E-state index contributed by atoms with van der Waals surface area (Å²) in [4.78, 5) is 2.10. The number of anilines is 1. The van der Waals surface area contributed by atoms with Gasteiger partial charge in [0.1, 0.15) is 0 Å². The second kappa shape index (κ2) is 8.29. The Kier molecular flexibility index (Phi) is 5.99.